The minimum Gasteiger partial charge on any atom is -0.508 e. The molecule has 0 fully saturated rings. The first-order valence-electron chi connectivity index (χ1n) is 14.1. The molecule has 230 valence electrons. The monoisotopic (exact) mass is 609 g/mol. The number of carbonyl (C=O) groups excluding carboxylic acids is 3. The number of ether oxygens (including phenoxy) is 1. The number of nitrogens with one attached hydrogen (secondary N) is 2. The first kappa shape index (κ1) is 33.3. The fraction of sp³-hybridized carbons (Fsp3) is 0.364. The summed E-state index contributed by atoms with van der Waals surface area (Å²) < 4.78 is 5.47. The van der Waals surface area contributed by atoms with Crippen molar-refractivity contribution in [3.8, 4) is 11.5 Å². The normalized spacial score (nSPS) is 13.4. The van der Waals surface area contributed by atoms with E-state index in [0.29, 0.717) is 28.3 Å². The maximum Gasteiger partial charge on any atom is 0.408 e. The van der Waals surface area contributed by atoms with Crippen LogP contribution >= 0.6 is 11.6 Å². The topological polar surface area (TPSA) is 128 Å². The number of halogens is 1. The first-order valence-corrected chi connectivity index (χ1v) is 14.5. The number of phenolic OH excluding ortho intramolecular Hbond substituents is 2. The Balaban J connectivity index is 2.11. The predicted molar refractivity (Wildman–Crippen MR) is 167 cm³/mol. The van der Waals surface area contributed by atoms with E-state index in [4.69, 9.17) is 16.3 Å². The van der Waals surface area contributed by atoms with Gasteiger partial charge in [0.15, 0.2) is 0 Å². The van der Waals surface area contributed by atoms with Crippen molar-refractivity contribution in [3.63, 3.8) is 0 Å². The lowest BCUT2D eigenvalue weighted by atomic mass is 9.97. The van der Waals surface area contributed by atoms with Crippen LogP contribution in [0.2, 0.25) is 5.02 Å². The Morgan fingerprint density at radius 2 is 1.53 bits per heavy atom. The molecule has 3 amide bonds. The lowest BCUT2D eigenvalue weighted by Gasteiger charge is -2.38. The Bertz CT molecular complexity index is 1400. The number of anilines is 1. The Morgan fingerprint density at radius 3 is 2.07 bits per heavy atom. The van der Waals surface area contributed by atoms with Gasteiger partial charge in [-0.15, -0.1) is 0 Å². The molecule has 0 bridgehead atoms. The highest BCUT2D eigenvalue weighted by atomic mass is 35.5. The first-order chi connectivity index (χ1) is 20.2. The maximum atomic E-state index is 14.5. The third kappa shape index (κ3) is 9.12. The van der Waals surface area contributed by atoms with Crippen LogP contribution in [-0.2, 0) is 20.7 Å². The van der Waals surface area contributed by atoms with Gasteiger partial charge in [-0.2, -0.15) is 0 Å². The van der Waals surface area contributed by atoms with E-state index in [2.05, 4.69) is 10.6 Å². The highest BCUT2D eigenvalue weighted by Crippen LogP contribution is 2.32. The Kier molecular flexibility index (Phi) is 11.1. The molecule has 3 aromatic carbocycles. The maximum absolute atomic E-state index is 14.5. The summed E-state index contributed by atoms with van der Waals surface area (Å²) in [6.07, 6.45) is -0.221. The lowest BCUT2D eigenvalue weighted by Crippen LogP contribution is -2.55. The summed E-state index contributed by atoms with van der Waals surface area (Å²) in [5.74, 6) is -0.969. The number of carbonyl (C=O) groups is 3. The Labute approximate surface area is 257 Å². The second-order valence-electron chi connectivity index (χ2n) is 11.5. The number of amides is 3. The molecule has 0 aromatic heterocycles. The highest BCUT2D eigenvalue weighted by Gasteiger charge is 2.39. The molecule has 0 saturated carbocycles. The SMILES string of the molecule is CCC(C)N(C(=O)C(Cc1ccc(O)cc1)NC(=O)OC(C)(C)C)C(C(=O)Nc1c(C)cccc1Cl)c1ccc(O)cc1. The van der Waals surface area contributed by atoms with Crippen LogP contribution in [0.15, 0.2) is 66.7 Å². The van der Waals surface area contributed by atoms with E-state index in [1.807, 2.05) is 26.8 Å². The number of benzene rings is 3. The van der Waals surface area contributed by atoms with Crippen molar-refractivity contribution in [2.24, 2.45) is 0 Å². The third-order valence-corrected chi connectivity index (χ3v) is 7.21. The Hall–Kier alpha value is -4.24. The molecule has 3 aromatic rings. The van der Waals surface area contributed by atoms with Crippen molar-refractivity contribution in [2.45, 2.75) is 78.1 Å². The van der Waals surface area contributed by atoms with Crippen LogP contribution in [0.5, 0.6) is 11.5 Å². The number of aryl methyl sites for hydroxylation is 1. The van der Waals surface area contributed by atoms with E-state index < -0.39 is 41.6 Å². The number of rotatable bonds is 10. The summed E-state index contributed by atoms with van der Waals surface area (Å²) in [7, 11) is 0. The number of para-hydroxylation sites is 1. The molecule has 3 unspecified atom stereocenters. The zero-order chi connectivity index (χ0) is 31.9. The van der Waals surface area contributed by atoms with Crippen molar-refractivity contribution in [1.29, 1.82) is 0 Å². The standard InChI is InChI=1S/C33H40ClN3O6/c1-7-21(3)37(31(41)27(35-32(42)43-33(4,5)6)19-22-11-15-24(38)16-12-22)29(23-13-17-25(39)18-14-23)30(40)36-28-20(2)9-8-10-26(28)34/h8-18,21,27,29,38-39H,7,19H2,1-6H3,(H,35,42)(H,36,40). The van der Waals surface area contributed by atoms with Crippen molar-refractivity contribution in [3.05, 3.63) is 88.4 Å². The number of hydrogen-bond acceptors (Lipinski definition) is 6. The molecular formula is C33H40ClN3O6. The van der Waals surface area contributed by atoms with Gasteiger partial charge < -0.3 is 30.5 Å². The molecule has 0 aliphatic rings. The van der Waals surface area contributed by atoms with Crippen LogP contribution in [0.3, 0.4) is 0 Å². The van der Waals surface area contributed by atoms with Crippen molar-refractivity contribution >= 4 is 35.2 Å². The molecule has 0 radical (unpaired) electrons. The average molecular weight is 610 g/mol. The zero-order valence-electron chi connectivity index (χ0n) is 25.3. The smallest absolute Gasteiger partial charge is 0.408 e. The number of nitrogens with zero attached hydrogens (tertiary/aromatic N) is 1. The molecule has 0 aliphatic carbocycles. The Morgan fingerprint density at radius 1 is 0.953 bits per heavy atom. The molecule has 3 atom stereocenters. The average Bonchev–Trinajstić information content (AvgIpc) is 2.93. The second kappa shape index (κ2) is 14.3. The van der Waals surface area contributed by atoms with Gasteiger partial charge in [0.1, 0.15) is 29.2 Å². The van der Waals surface area contributed by atoms with Crippen LogP contribution in [0.1, 0.15) is 63.8 Å². The zero-order valence-corrected chi connectivity index (χ0v) is 26.1. The van der Waals surface area contributed by atoms with Crippen molar-refractivity contribution in [2.75, 3.05) is 5.32 Å². The summed E-state index contributed by atoms with van der Waals surface area (Å²) in [6, 6.07) is 14.9. The third-order valence-electron chi connectivity index (χ3n) is 6.89. The molecule has 0 saturated heterocycles. The van der Waals surface area contributed by atoms with Gasteiger partial charge in [-0.25, -0.2) is 4.79 Å². The van der Waals surface area contributed by atoms with Crippen LogP contribution in [0.25, 0.3) is 0 Å². The fourth-order valence-electron chi connectivity index (χ4n) is 4.57. The fourth-order valence-corrected chi connectivity index (χ4v) is 4.84. The van der Waals surface area contributed by atoms with Gasteiger partial charge in [-0.05, 0) is 88.1 Å². The number of aromatic hydroxyl groups is 2. The van der Waals surface area contributed by atoms with Gasteiger partial charge in [0.2, 0.25) is 5.91 Å². The van der Waals surface area contributed by atoms with E-state index in [-0.39, 0.29) is 17.9 Å². The minimum absolute atomic E-state index is 0.00284. The minimum atomic E-state index is -1.15. The van der Waals surface area contributed by atoms with E-state index in [1.54, 1.807) is 57.2 Å². The predicted octanol–water partition coefficient (Wildman–Crippen LogP) is 6.50. The quantitative estimate of drug-likeness (QED) is 0.208. The van der Waals surface area contributed by atoms with E-state index in [0.717, 1.165) is 5.56 Å². The van der Waals surface area contributed by atoms with Gasteiger partial charge in [0.25, 0.3) is 5.91 Å². The summed E-state index contributed by atoms with van der Waals surface area (Å²) in [5, 5.41) is 25.7. The van der Waals surface area contributed by atoms with Gasteiger partial charge in [-0.3, -0.25) is 9.59 Å². The van der Waals surface area contributed by atoms with Crippen LogP contribution in [0.4, 0.5) is 10.5 Å². The molecule has 10 heteroatoms. The largest absolute Gasteiger partial charge is 0.508 e. The van der Waals surface area contributed by atoms with Crippen LogP contribution < -0.4 is 10.6 Å². The van der Waals surface area contributed by atoms with E-state index in [1.165, 1.54) is 29.2 Å². The molecule has 0 aliphatic heterocycles. The lowest BCUT2D eigenvalue weighted by molar-refractivity contribution is -0.143. The number of hydrogen-bond donors (Lipinski definition) is 4. The summed E-state index contributed by atoms with van der Waals surface area (Å²) in [6.45, 7) is 10.7. The van der Waals surface area contributed by atoms with Gasteiger partial charge in [-0.1, -0.05) is 54.9 Å². The van der Waals surface area contributed by atoms with Crippen molar-refractivity contribution < 1.29 is 29.3 Å². The molecule has 43 heavy (non-hydrogen) atoms. The van der Waals surface area contributed by atoms with Crippen LogP contribution in [0, 0.1) is 6.92 Å². The number of phenols is 2. The van der Waals surface area contributed by atoms with Crippen molar-refractivity contribution in [1.82, 2.24) is 10.2 Å². The summed E-state index contributed by atoms with van der Waals surface area (Å²) >= 11 is 6.43. The molecule has 4 N–H and O–H groups in total. The molecule has 0 spiro atoms. The molecule has 3 rings (SSSR count). The number of alkyl carbamates (subject to hydrolysis) is 1. The summed E-state index contributed by atoms with van der Waals surface area (Å²) in [4.78, 5) is 43.1. The van der Waals surface area contributed by atoms with E-state index in [9.17, 15) is 24.6 Å². The molecule has 0 heterocycles. The summed E-state index contributed by atoms with van der Waals surface area (Å²) in [5.41, 5.74) is 1.47. The van der Waals surface area contributed by atoms with Gasteiger partial charge >= 0.3 is 6.09 Å². The molecular weight excluding hydrogens is 570 g/mol. The highest BCUT2D eigenvalue weighted by molar-refractivity contribution is 6.34. The second-order valence-corrected chi connectivity index (χ2v) is 11.9. The van der Waals surface area contributed by atoms with Gasteiger partial charge in [0.05, 0.1) is 10.7 Å². The van der Waals surface area contributed by atoms with E-state index >= 15 is 0 Å². The molecule has 9 nitrogen and oxygen atoms in total. The van der Waals surface area contributed by atoms with Gasteiger partial charge in [0, 0.05) is 12.5 Å². The van der Waals surface area contributed by atoms with Crippen LogP contribution in [-0.4, -0.2) is 50.7 Å².